The Morgan fingerprint density at radius 2 is 1.27 bits per heavy atom. The summed E-state index contributed by atoms with van der Waals surface area (Å²) in [6.07, 6.45) is 1.21. The highest BCUT2D eigenvalue weighted by Gasteiger charge is 2.23. The van der Waals surface area contributed by atoms with E-state index in [1.54, 1.807) is 54.6 Å². The van der Waals surface area contributed by atoms with E-state index >= 15 is 0 Å². The molecule has 0 spiro atoms. The molecule has 0 radical (unpaired) electrons. The summed E-state index contributed by atoms with van der Waals surface area (Å²) in [5.41, 5.74) is 2.28. The monoisotopic (exact) mass is 713 g/mol. The molecule has 9 nitrogen and oxygen atoms in total. The van der Waals surface area contributed by atoms with E-state index in [1.807, 2.05) is 12.1 Å². The highest BCUT2D eigenvalue weighted by Crippen LogP contribution is 2.42. The van der Waals surface area contributed by atoms with Crippen LogP contribution in [0.25, 0.3) is 20.5 Å². The van der Waals surface area contributed by atoms with Crippen molar-refractivity contribution in [2.75, 3.05) is 26.2 Å². The highest BCUT2D eigenvalue weighted by atomic mass is 32.1. The Morgan fingerprint density at radius 1 is 0.712 bits per heavy atom. The number of hydrogen-bond acceptors (Lipinski definition) is 10. The van der Waals surface area contributed by atoms with Gasteiger partial charge in [-0.1, -0.05) is 6.92 Å². The average molecular weight is 714 g/mol. The predicted molar refractivity (Wildman–Crippen MR) is 199 cm³/mol. The summed E-state index contributed by atoms with van der Waals surface area (Å²) < 4.78 is 17.9. The number of carbonyl (C=O) groups is 3. The van der Waals surface area contributed by atoms with Gasteiger partial charge in [0.15, 0.2) is 5.78 Å². The number of ketones is 1. The van der Waals surface area contributed by atoms with Crippen LogP contribution in [0.4, 0.5) is 0 Å². The Balaban J connectivity index is 1.15. The fourth-order valence-electron chi connectivity index (χ4n) is 6.14. The van der Waals surface area contributed by atoms with Crippen molar-refractivity contribution >= 4 is 39.1 Å². The van der Waals surface area contributed by atoms with E-state index in [0.717, 1.165) is 29.9 Å². The minimum Gasteiger partial charge on any atom is -0.508 e. The molecule has 52 heavy (non-hydrogen) atoms. The molecule has 0 amide bonds. The Kier molecular flexibility index (Phi) is 10.0. The molecule has 0 saturated carbocycles. The minimum absolute atomic E-state index is 0.0409. The van der Waals surface area contributed by atoms with Gasteiger partial charge < -0.3 is 24.4 Å². The van der Waals surface area contributed by atoms with Gasteiger partial charge in [0.25, 0.3) is 0 Å². The smallest absolute Gasteiger partial charge is 0.343 e. The van der Waals surface area contributed by atoms with Crippen molar-refractivity contribution in [1.82, 2.24) is 4.90 Å². The molecule has 0 aliphatic carbocycles. The molecule has 1 atom stereocenters. The number of esters is 2. The van der Waals surface area contributed by atoms with Crippen LogP contribution in [0.15, 0.2) is 115 Å². The van der Waals surface area contributed by atoms with Crippen LogP contribution in [-0.2, 0) is 0 Å². The largest absolute Gasteiger partial charge is 0.508 e. The van der Waals surface area contributed by atoms with Crippen molar-refractivity contribution in [1.29, 1.82) is 0 Å². The number of phenolic OH excluding ortho intramolecular Hbond substituents is 2. The quantitative estimate of drug-likeness (QED) is 0.0775. The molecule has 1 aliphatic rings. The zero-order chi connectivity index (χ0) is 36.2. The van der Waals surface area contributed by atoms with Crippen LogP contribution >= 0.6 is 11.3 Å². The number of rotatable bonds is 11. The molecular formula is C42H35NO8S. The number of thiophene rings is 1. The van der Waals surface area contributed by atoms with E-state index in [0.29, 0.717) is 56.7 Å². The van der Waals surface area contributed by atoms with Gasteiger partial charge in [0, 0.05) is 39.2 Å². The molecule has 2 heterocycles. The topological polar surface area (TPSA) is 123 Å². The summed E-state index contributed by atoms with van der Waals surface area (Å²) in [6.45, 7) is 5.86. The Bertz CT molecular complexity index is 2230. The molecule has 6 aromatic rings. The standard InChI is InChI=1S/C42H35NO8S/c1-26-20-21-43(25-26)22-23-49-33-14-6-27(7-15-33)39(46)38-36-19-18-35(51-42(48)30-4-12-32(45)13-5-30)24-37(36)52-40(38)28-8-16-34(17-9-28)50-41(47)29-2-10-31(44)11-3-29/h2-19,24,26,44-45H,20-23,25H2,1H3. The van der Waals surface area contributed by atoms with E-state index in [9.17, 15) is 24.6 Å². The zero-order valence-electron chi connectivity index (χ0n) is 28.3. The van der Waals surface area contributed by atoms with E-state index in [1.165, 1.54) is 66.3 Å². The number of carbonyl (C=O) groups excluding carboxylic acids is 3. The lowest BCUT2D eigenvalue weighted by molar-refractivity contribution is 0.0725. The second-order valence-corrected chi connectivity index (χ2v) is 13.8. The molecule has 1 aromatic heterocycles. The molecule has 10 heteroatoms. The lowest BCUT2D eigenvalue weighted by atomic mass is 9.97. The number of nitrogens with zero attached hydrogens (tertiary/aromatic N) is 1. The molecule has 1 aliphatic heterocycles. The molecule has 7 rings (SSSR count). The number of hydrogen-bond donors (Lipinski definition) is 2. The van der Waals surface area contributed by atoms with Crippen molar-refractivity contribution in [3.05, 3.63) is 138 Å². The number of phenols is 2. The summed E-state index contributed by atoms with van der Waals surface area (Å²) in [5.74, 6) is 0.769. The van der Waals surface area contributed by atoms with Crippen LogP contribution in [0, 0.1) is 5.92 Å². The molecule has 2 N–H and O–H groups in total. The van der Waals surface area contributed by atoms with Crippen LogP contribution < -0.4 is 14.2 Å². The second kappa shape index (κ2) is 15.1. The molecule has 1 saturated heterocycles. The van der Waals surface area contributed by atoms with Gasteiger partial charge in [-0.15, -0.1) is 11.3 Å². The van der Waals surface area contributed by atoms with Gasteiger partial charge in [0.2, 0.25) is 0 Å². The molecule has 1 fully saturated rings. The van der Waals surface area contributed by atoms with Gasteiger partial charge >= 0.3 is 11.9 Å². The third-order valence-corrected chi connectivity index (χ3v) is 10.1. The maximum absolute atomic E-state index is 14.3. The lowest BCUT2D eigenvalue weighted by Gasteiger charge is -2.15. The number of likely N-dealkylation sites (tertiary alicyclic amines) is 1. The number of benzene rings is 5. The molecule has 262 valence electrons. The van der Waals surface area contributed by atoms with E-state index in [-0.39, 0.29) is 22.8 Å². The van der Waals surface area contributed by atoms with Gasteiger partial charge in [0.1, 0.15) is 35.4 Å². The third kappa shape index (κ3) is 7.83. The predicted octanol–water partition coefficient (Wildman–Crippen LogP) is 8.37. The molecule has 0 bridgehead atoms. The normalized spacial score (nSPS) is 14.3. The highest BCUT2D eigenvalue weighted by molar-refractivity contribution is 7.22. The summed E-state index contributed by atoms with van der Waals surface area (Å²) >= 11 is 1.38. The average Bonchev–Trinajstić information content (AvgIpc) is 3.75. The van der Waals surface area contributed by atoms with Gasteiger partial charge in [-0.3, -0.25) is 9.69 Å². The van der Waals surface area contributed by atoms with Gasteiger partial charge in [-0.2, -0.15) is 0 Å². The van der Waals surface area contributed by atoms with Crippen LogP contribution in [-0.4, -0.2) is 59.1 Å². The van der Waals surface area contributed by atoms with E-state index in [2.05, 4.69) is 11.8 Å². The first-order chi connectivity index (χ1) is 25.2. The number of ether oxygens (including phenoxy) is 3. The summed E-state index contributed by atoms with van der Waals surface area (Å²) in [6, 6.07) is 30.7. The first kappa shape index (κ1) is 34.5. The van der Waals surface area contributed by atoms with E-state index in [4.69, 9.17) is 14.2 Å². The van der Waals surface area contributed by atoms with Crippen LogP contribution in [0.1, 0.15) is 50.0 Å². The molecular weight excluding hydrogens is 679 g/mol. The summed E-state index contributed by atoms with van der Waals surface area (Å²) in [5, 5.41) is 19.8. The maximum atomic E-state index is 14.3. The second-order valence-electron chi connectivity index (χ2n) is 12.8. The Labute approximate surface area is 304 Å². The van der Waals surface area contributed by atoms with Crippen molar-refractivity contribution < 1.29 is 38.8 Å². The lowest BCUT2D eigenvalue weighted by Crippen LogP contribution is -2.25. The van der Waals surface area contributed by atoms with Gasteiger partial charge in [-0.25, -0.2) is 9.59 Å². The van der Waals surface area contributed by atoms with Crippen molar-refractivity contribution in [2.45, 2.75) is 13.3 Å². The van der Waals surface area contributed by atoms with Gasteiger partial charge in [-0.05, 0) is 140 Å². The SMILES string of the molecule is CC1CCN(CCOc2ccc(C(=O)c3c(-c4ccc(OC(=O)c5ccc(O)cc5)cc4)sc4cc(OC(=O)c5ccc(O)cc5)ccc34)cc2)C1. The zero-order valence-corrected chi connectivity index (χ0v) is 29.1. The fraction of sp³-hybridized carbons (Fsp3) is 0.167. The number of fused-ring (bicyclic) bond motifs is 1. The van der Waals surface area contributed by atoms with Gasteiger partial charge in [0.05, 0.1) is 11.1 Å². The molecule has 5 aromatic carbocycles. The first-order valence-electron chi connectivity index (χ1n) is 16.9. The van der Waals surface area contributed by atoms with E-state index < -0.39 is 11.9 Å². The Morgan fingerprint density at radius 3 is 1.87 bits per heavy atom. The maximum Gasteiger partial charge on any atom is 0.343 e. The third-order valence-electron chi connectivity index (χ3n) is 8.93. The summed E-state index contributed by atoms with van der Waals surface area (Å²) in [4.78, 5) is 42.9. The minimum atomic E-state index is -0.581. The van der Waals surface area contributed by atoms with Crippen molar-refractivity contribution in [2.24, 2.45) is 5.92 Å². The number of aromatic hydroxyl groups is 2. The van der Waals surface area contributed by atoms with Crippen molar-refractivity contribution in [3.8, 4) is 39.2 Å². The first-order valence-corrected chi connectivity index (χ1v) is 17.7. The molecule has 1 unspecified atom stereocenters. The fourth-order valence-corrected chi connectivity index (χ4v) is 7.37. The Hall–Kier alpha value is -5.97. The van der Waals surface area contributed by atoms with Crippen molar-refractivity contribution in [3.63, 3.8) is 0 Å². The van der Waals surface area contributed by atoms with Crippen LogP contribution in [0.2, 0.25) is 0 Å². The summed E-state index contributed by atoms with van der Waals surface area (Å²) in [7, 11) is 0. The van der Waals surface area contributed by atoms with Crippen LogP contribution in [0.3, 0.4) is 0 Å². The van der Waals surface area contributed by atoms with Crippen LogP contribution in [0.5, 0.6) is 28.7 Å².